The van der Waals surface area contributed by atoms with Crippen LogP contribution in [0.2, 0.25) is 0 Å². The highest BCUT2D eigenvalue weighted by molar-refractivity contribution is 5.96. The Morgan fingerprint density at radius 1 is 1.22 bits per heavy atom. The van der Waals surface area contributed by atoms with E-state index in [1.807, 2.05) is 0 Å². The molecule has 2 aliphatic heterocycles. The third-order valence-electron chi connectivity index (χ3n) is 3.77. The van der Waals surface area contributed by atoms with Gasteiger partial charge in [0.15, 0.2) is 5.60 Å². The quantitative estimate of drug-likeness (QED) is 0.670. The average Bonchev–Trinajstić information content (AvgIpc) is 2.44. The van der Waals surface area contributed by atoms with Crippen LogP contribution >= 0.6 is 0 Å². The van der Waals surface area contributed by atoms with Crippen LogP contribution in [0.15, 0.2) is 0 Å². The van der Waals surface area contributed by atoms with Crippen LogP contribution in [0.1, 0.15) is 27.2 Å². The molecule has 2 aliphatic rings. The molecule has 1 N–H and O–H groups in total. The number of carbonyl (C=O) groups is 3. The molecule has 0 aromatic heterocycles. The van der Waals surface area contributed by atoms with Crippen LogP contribution < -0.4 is 0 Å². The van der Waals surface area contributed by atoms with Gasteiger partial charge in [-0.1, -0.05) is 6.92 Å². The van der Waals surface area contributed by atoms with Gasteiger partial charge in [-0.25, -0.2) is 14.4 Å². The zero-order chi connectivity index (χ0) is 13.7. The average molecular weight is 259 g/mol. The predicted octanol–water partition coefficient (Wildman–Crippen LogP) is -0.526. The molecule has 0 spiro atoms. The summed E-state index contributed by atoms with van der Waals surface area (Å²) in [6, 6.07) is 0. The number of rotatable bonds is 1. The molecule has 0 saturated carbocycles. The summed E-state index contributed by atoms with van der Waals surface area (Å²) in [6.07, 6.45) is 0.0862. The monoisotopic (exact) mass is 259 g/mol. The van der Waals surface area contributed by atoms with Crippen molar-refractivity contribution in [1.29, 1.82) is 0 Å². The number of fused-ring (bicyclic) bond motifs is 3. The van der Waals surface area contributed by atoms with Gasteiger partial charge < -0.3 is 5.11 Å². The minimum atomic E-state index is -2.33. The van der Waals surface area contributed by atoms with Gasteiger partial charge in [-0.05, 0) is 20.3 Å². The van der Waals surface area contributed by atoms with Crippen LogP contribution in [0.4, 0.5) is 0 Å². The largest absolute Gasteiger partial charge is 0.376 e. The molecule has 0 aromatic rings. The van der Waals surface area contributed by atoms with Crippen LogP contribution in [-0.4, -0.2) is 34.0 Å². The molecule has 0 radical (unpaired) electrons. The van der Waals surface area contributed by atoms with Gasteiger partial charge >= 0.3 is 17.9 Å². The lowest BCUT2D eigenvalue weighted by Crippen LogP contribution is -2.61. The Hall–Kier alpha value is -1.67. The predicted molar refractivity (Wildman–Crippen MR) is 52.6 cm³/mol. The lowest BCUT2D eigenvalue weighted by molar-refractivity contribution is -0.461. The highest BCUT2D eigenvalue weighted by atomic mass is 17.2. The molecule has 100 valence electrons. The second-order valence-electron chi connectivity index (χ2n) is 4.57. The lowest BCUT2D eigenvalue weighted by atomic mass is 9.65. The van der Waals surface area contributed by atoms with E-state index in [0.717, 1.165) is 0 Å². The van der Waals surface area contributed by atoms with Gasteiger partial charge in [0.25, 0.3) is 0 Å². The van der Waals surface area contributed by atoms with Gasteiger partial charge in [-0.15, -0.1) is 0 Å². The molecule has 18 heavy (non-hydrogen) atoms. The summed E-state index contributed by atoms with van der Waals surface area (Å²) in [6.45, 7) is 4.23. The molecule has 4 unspecified atom stereocenters. The molecule has 0 amide bonds. The summed E-state index contributed by atoms with van der Waals surface area (Å²) in [5.74, 6) is -4.24. The molecule has 2 bridgehead atoms. The van der Waals surface area contributed by atoms with Crippen molar-refractivity contribution >= 4 is 17.9 Å². The normalized spacial score (nSPS) is 43.7. The Labute approximate surface area is 102 Å². The van der Waals surface area contributed by atoms with Crippen LogP contribution in [0.25, 0.3) is 0 Å². The molecule has 0 aliphatic carbocycles. The summed E-state index contributed by atoms with van der Waals surface area (Å²) >= 11 is 0. The minimum absolute atomic E-state index is 0.0440. The highest BCUT2D eigenvalue weighted by Crippen LogP contribution is 2.46. The fourth-order valence-electron chi connectivity index (χ4n) is 2.13. The molecule has 0 aromatic carbocycles. The second kappa shape index (κ2) is 3.66. The maximum Gasteiger partial charge on any atom is 0.366 e. The van der Waals surface area contributed by atoms with Crippen molar-refractivity contribution in [2.45, 2.75) is 32.8 Å². The van der Waals surface area contributed by atoms with E-state index in [-0.39, 0.29) is 11.8 Å². The van der Waals surface area contributed by atoms with Crippen molar-refractivity contribution in [3.8, 4) is 0 Å². The van der Waals surface area contributed by atoms with Crippen LogP contribution in [0, 0.1) is 11.3 Å². The molecule has 4 atom stereocenters. The third-order valence-corrected chi connectivity index (χ3v) is 3.77. The van der Waals surface area contributed by atoms with Crippen molar-refractivity contribution in [1.82, 2.24) is 5.39 Å². The van der Waals surface area contributed by atoms with Crippen LogP contribution in [0.3, 0.4) is 0 Å². The zero-order valence-corrected chi connectivity index (χ0v) is 10.1. The first-order valence-electron chi connectivity index (χ1n) is 5.46. The Kier molecular flexibility index (Phi) is 2.60. The summed E-state index contributed by atoms with van der Waals surface area (Å²) in [4.78, 5) is 49.1. The number of aliphatic hydroxyl groups is 1. The third kappa shape index (κ3) is 1.30. The Morgan fingerprint density at radius 2 is 1.78 bits per heavy atom. The fourth-order valence-corrected chi connectivity index (χ4v) is 2.13. The fraction of sp³-hybridized carbons (Fsp3) is 0.700. The van der Waals surface area contributed by atoms with Gasteiger partial charge in [0.1, 0.15) is 5.41 Å². The van der Waals surface area contributed by atoms with E-state index in [1.54, 1.807) is 6.92 Å². The van der Waals surface area contributed by atoms with E-state index in [9.17, 15) is 19.5 Å². The smallest absolute Gasteiger partial charge is 0.366 e. The molecule has 2 rings (SSSR count). The van der Waals surface area contributed by atoms with E-state index in [2.05, 4.69) is 14.5 Å². The first kappa shape index (κ1) is 12.8. The van der Waals surface area contributed by atoms with Crippen molar-refractivity contribution in [2.24, 2.45) is 11.3 Å². The summed E-state index contributed by atoms with van der Waals surface area (Å²) in [7, 11) is 0. The van der Waals surface area contributed by atoms with Gasteiger partial charge in [0.05, 0.1) is 5.92 Å². The first-order valence-corrected chi connectivity index (χ1v) is 5.46. The van der Waals surface area contributed by atoms with E-state index in [1.165, 1.54) is 13.8 Å². The topological polar surface area (TPSA) is 102 Å². The SMILES string of the molecule is CCC1(C)C(=O)ON2OC(=O)C(C)C1(O)C(=O)O2. The van der Waals surface area contributed by atoms with Gasteiger partial charge in [0, 0.05) is 0 Å². The number of carbonyl (C=O) groups excluding carboxylic acids is 3. The molecule has 2 saturated heterocycles. The van der Waals surface area contributed by atoms with Crippen LogP contribution in [0.5, 0.6) is 0 Å². The molecule has 2 heterocycles. The Bertz CT molecular complexity index is 434. The van der Waals surface area contributed by atoms with E-state index in [0.29, 0.717) is 0 Å². The van der Waals surface area contributed by atoms with Gasteiger partial charge in [0.2, 0.25) is 5.39 Å². The molecule has 8 nitrogen and oxygen atoms in total. The number of hydrogen-bond donors (Lipinski definition) is 1. The summed E-state index contributed by atoms with van der Waals surface area (Å²) in [5, 5.41) is 10.6. The molecular formula is C10H13NO7. The van der Waals surface area contributed by atoms with E-state index in [4.69, 9.17) is 0 Å². The maximum absolute atomic E-state index is 11.9. The Morgan fingerprint density at radius 3 is 2.33 bits per heavy atom. The number of nitrogens with zero attached hydrogens (tertiary/aromatic N) is 1. The molecular weight excluding hydrogens is 246 g/mol. The van der Waals surface area contributed by atoms with Crippen molar-refractivity contribution < 1.29 is 34.0 Å². The Balaban J connectivity index is 2.66. The number of hydrogen-bond acceptors (Lipinski definition) is 8. The maximum atomic E-state index is 11.9. The summed E-state index contributed by atoms with van der Waals surface area (Å²) in [5.41, 5.74) is -3.93. The highest BCUT2D eigenvalue weighted by Gasteiger charge is 2.68. The van der Waals surface area contributed by atoms with Gasteiger partial charge in [-0.3, -0.25) is 14.5 Å². The van der Waals surface area contributed by atoms with Gasteiger partial charge in [-0.2, -0.15) is 0 Å². The lowest BCUT2D eigenvalue weighted by Gasteiger charge is -2.39. The van der Waals surface area contributed by atoms with Crippen molar-refractivity contribution in [3.63, 3.8) is 0 Å². The standard InChI is InChI=1S/C10H13NO7/c1-4-9(3)7(13)17-11-16-6(12)5(2)10(9,15)8(14)18-11/h5,15H,4H2,1-3H3. The second-order valence-corrected chi connectivity index (χ2v) is 4.57. The van der Waals surface area contributed by atoms with E-state index < -0.39 is 34.8 Å². The first-order chi connectivity index (χ1) is 8.27. The molecule has 8 heteroatoms. The summed E-state index contributed by atoms with van der Waals surface area (Å²) < 4.78 is 0. The van der Waals surface area contributed by atoms with Crippen molar-refractivity contribution in [2.75, 3.05) is 0 Å². The zero-order valence-electron chi connectivity index (χ0n) is 10.1. The minimum Gasteiger partial charge on any atom is -0.376 e. The van der Waals surface area contributed by atoms with Crippen molar-refractivity contribution in [3.05, 3.63) is 0 Å². The van der Waals surface area contributed by atoms with Crippen LogP contribution in [-0.2, 0) is 28.9 Å². The molecule has 2 fully saturated rings. The van der Waals surface area contributed by atoms with E-state index >= 15 is 0 Å².